The number of carbonyl (C=O) groups excluding carboxylic acids is 2. The third kappa shape index (κ3) is 3.98. The molecule has 1 N–H and O–H groups in total. The molecule has 1 aliphatic rings. The van der Waals surface area contributed by atoms with Gasteiger partial charge in [-0.25, -0.2) is 4.79 Å². The number of esters is 1. The molecule has 0 bridgehead atoms. The summed E-state index contributed by atoms with van der Waals surface area (Å²) in [6.07, 6.45) is 2.03. The van der Waals surface area contributed by atoms with Crippen LogP contribution in [-0.2, 0) is 14.3 Å². The van der Waals surface area contributed by atoms with Crippen LogP contribution in [0.2, 0.25) is 0 Å². The van der Waals surface area contributed by atoms with E-state index in [1.165, 1.54) is 22.7 Å². The molecule has 0 aromatic rings. The normalized spacial score (nSPS) is 26.9. The van der Waals surface area contributed by atoms with E-state index in [4.69, 9.17) is 4.74 Å². The first-order valence-electron chi connectivity index (χ1n) is 6.34. The van der Waals surface area contributed by atoms with Gasteiger partial charge in [0.2, 0.25) is 5.91 Å². The van der Waals surface area contributed by atoms with Crippen molar-refractivity contribution in [1.82, 2.24) is 4.90 Å². The topological polar surface area (TPSA) is 66.8 Å². The van der Waals surface area contributed by atoms with E-state index < -0.39 is 16.8 Å². The fraction of sp³-hybridized carbons (Fsp3) is 0.692. The molecule has 0 spiro atoms. The molecule has 0 radical (unpaired) electrons. The van der Waals surface area contributed by atoms with Crippen LogP contribution in [0.15, 0.2) is 11.1 Å². The Morgan fingerprint density at radius 3 is 2.79 bits per heavy atom. The summed E-state index contributed by atoms with van der Waals surface area (Å²) in [5.41, 5.74) is 0. The third-order valence-electron chi connectivity index (χ3n) is 2.98. The van der Waals surface area contributed by atoms with Gasteiger partial charge in [-0.3, -0.25) is 4.79 Å². The Morgan fingerprint density at radius 2 is 2.26 bits per heavy atom. The fourth-order valence-corrected chi connectivity index (χ4v) is 3.13. The smallest absolute Gasteiger partial charge is 0.333 e. The van der Waals surface area contributed by atoms with Crippen molar-refractivity contribution in [3.63, 3.8) is 0 Å². The number of aliphatic hydroxyl groups is 1. The zero-order valence-electron chi connectivity index (χ0n) is 11.8. The SMILES string of the molecule is CCOC(=O)/C=C1\SC(C)(CCC(C)O)C(=O)N1C. The van der Waals surface area contributed by atoms with E-state index in [1.807, 2.05) is 6.92 Å². The van der Waals surface area contributed by atoms with Gasteiger partial charge < -0.3 is 14.7 Å². The molecule has 108 valence electrons. The minimum Gasteiger partial charge on any atom is -0.463 e. The van der Waals surface area contributed by atoms with Crippen molar-refractivity contribution in [2.45, 2.75) is 44.5 Å². The van der Waals surface area contributed by atoms with E-state index in [0.29, 0.717) is 24.5 Å². The van der Waals surface area contributed by atoms with Gasteiger partial charge in [0.25, 0.3) is 0 Å². The number of amides is 1. The first-order valence-corrected chi connectivity index (χ1v) is 7.15. The van der Waals surface area contributed by atoms with Crippen molar-refractivity contribution in [2.75, 3.05) is 13.7 Å². The number of nitrogens with zero attached hydrogens (tertiary/aromatic N) is 1. The zero-order chi connectivity index (χ0) is 14.6. The van der Waals surface area contributed by atoms with E-state index in [0.717, 1.165) is 0 Å². The molecular formula is C13H21NO4S. The maximum absolute atomic E-state index is 12.2. The maximum Gasteiger partial charge on any atom is 0.333 e. The van der Waals surface area contributed by atoms with Crippen LogP contribution in [0.1, 0.15) is 33.6 Å². The van der Waals surface area contributed by atoms with E-state index in [2.05, 4.69) is 0 Å². The summed E-state index contributed by atoms with van der Waals surface area (Å²) in [5.74, 6) is -0.488. The van der Waals surface area contributed by atoms with Gasteiger partial charge in [0.05, 0.1) is 28.6 Å². The Kier molecular flexibility index (Phi) is 5.43. The van der Waals surface area contributed by atoms with Crippen LogP contribution in [0, 0.1) is 0 Å². The van der Waals surface area contributed by atoms with Gasteiger partial charge in [0.1, 0.15) is 0 Å². The largest absolute Gasteiger partial charge is 0.463 e. The van der Waals surface area contributed by atoms with Gasteiger partial charge >= 0.3 is 5.97 Å². The number of aliphatic hydroxyl groups excluding tert-OH is 1. The summed E-state index contributed by atoms with van der Waals surface area (Å²) in [6, 6.07) is 0. The Hall–Kier alpha value is -1.01. The third-order valence-corrected chi connectivity index (χ3v) is 4.41. The quantitative estimate of drug-likeness (QED) is 0.613. The molecule has 1 saturated heterocycles. The van der Waals surface area contributed by atoms with Crippen LogP contribution < -0.4 is 0 Å². The molecule has 0 saturated carbocycles. The van der Waals surface area contributed by atoms with Crippen molar-refractivity contribution < 1.29 is 19.4 Å². The fourth-order valence-electron chi connectivity index (χ4n) is 1.85. The average Bonchev–Trinajstić information content (AvgIpc) is 2.53. The Balaban J connectivity index is 2.80. The van der Waals surface area contributed by atoms with Gasteiger partial charge in [-0.15, -0.1) is 0 Å². The Labute approximate surface area is 118 Å². The molecular weight excluding hydrogens is 266 g/mol. The van der Waals surface area contributed by atoms with Crippen LogP contribution in [-0.4, -0.2) is 46.4 Å². The van der Waals surface area contributed by atoms with Crippen LogP contribution in [0.4, 0.5) is 0 Å². The van der Waals surface area contributed by atoms with Crippen molar-refractivity contribution in [2.24, 2.45) is 0 Å². The minimum atomic E-state index is -0.621. The lowest BCUT2D eigenvalue weighted by molar-refractivity contribution is -0.137. The molecule has 1 amide bonds. The van der Waals surface area contributed by atoms with Crippen LogP contribution in [0.3, 0.4) is 0 Å². The lowest BCUT2D eigenvalue weighted by Crippen LogP contribution is -2.34. The van der Waals surface area contributed by atoms with Crippen molar-refractivity contribution in [3.05, 3.63) is 11.1 Å². The highest BCUT2D eigenvalue weighted by molar-refractivity contribution is 8.05. The maximum atomic E-state index is 12.2. The number of carbonyl (C=O) groups is 2. The Morgan fingerprint density at radius 1 is 1.63 bits per heavy atom. The van der Waals surface area contributed by atoms with Crippen LogP contribution in [0.5, 0.6) is 0 Å². The van der Waals surface area contributed by atoms with Crippen molar-refractivity contribution in [3.8, 4) is 0 Å². The van der Waals surface area contributed by atoms with E-state index in [1.54, 1.807) is 20.9 Å². The molecule has 1 fully saturated rings. The molecule has 19 heavy (non-hydrogen) atoms. The van der Waals surface area contributed by atoms with E-state index in [-0.39, 0.29) is 5.91 Å². The second-order valence-electron chi connectivity index (χ2n) is 4.82. The highest BCUT2D eigenvalue weighted by atomic mass is 32.2. The van der Waals surface area contributed by atoms with Crippen LogP contribution >= 0.6 is 11.8 Å². The highest BCUT2D eigenvalue weighted by Gasteiger charge is 2.45. The number of rotatable bonds is 5. The summed E-state index contributed by atoms with van der Waals surface area (Å²) in [6.45, 7) is 5.58. The zero-order valence-corrected chi connectivity index (χ0v) is 12.6. The summed E-state index contributed by atoms with van der Waals surface area (Å²) < 4.78 is 4.23. The van der Waals surface area contributed by atoms with Gasteiger partial charge in [-0.1, -0.05) is 11.8 Å². The highest BCUT2D eigenvalue weighted by Crippen LogP contribution is 2.45. The lowest BCUT2D eigenvalue weighted by atomic mass is 10.0. The predicted octanol–water partition coefficient (Wildman–Crippen LogP) is 1.52. The van der Waals surface area contributed by atoms with E-state index >= 15 is 0 Å². The molecule has 1 aliphatic heterocycles. The number of hydrogen-bond acceptors (Lipinski definition) is 5. The molecule has 0 aromatic heterocycles. The minimum absolute atomic E-state index is 0.0475. The first-order chi connectivity index (χ1) is 8.80. The van der Waals surface area contributed by atoms with E-state index in [9.17, 15) is 14.7 Å². The second-order valence-corrected chi connectivity index (χ2v) is 6.34. The average molecular weight is 287 g/mol. The molecule has 5 nitrogen and oxygen atoms in total. The molecule has 1 heterocycles. The van der Waals surface area contributed by atoms with Crippen molar-refractivity contribution >= 4 is 23.6 Å². The second kappa shape index (κ2) is 6.43. The molecule has 0 aliphatic carbocycles. The van der Waals surface area contributed by atoms with Gasteiger partial charge in [-0.2, -0.15) is 0 Å². The Bertz CT molecular complexity index is 394. The number of thioether (sulfide) groups is 1. The molecule has 2 atom stereocenters. The summed E-state index contributed by atoms with van der Waals surface area (Å²) in [5, 5.41) is 9.93. The van der Waals surface area contributed by atoms with Gasteiger partial charge in [0, 0.05) is 7.05 Å². The van der Waals surface area contributed by atoms with Gasteiger partial charge in [0.15, 0.2) is 0 Å². The molecule has 1 rings (SSSR count). The van der Waals surface area contributed by atoms with Gasteiger partial charge in [-0.05, 0) is 33.6 Å². The molecule has 6 heteroatoms. The number of hydrogen-bond donors (Lipinski definition) is 1. The van der Waals surface area contributed by atoms with Crippen molar-refractivity contribution in [1.29, 1.82) is 0 Å². The molecule has 0 aromatic carbocycles. The first kappa shape index (κ1) is 16.0. The predicted molar refractivity (Wildman–Crippen MR) is 74.4 cm³/mol. The summed E-state index contributed by atoms with van der Waals surface area (Å²) >= 11 is 1.35. The monoisotopic (exact) mass is 287 g/mol. The summed E-state index contributed by atoms with van der Waals surface area (Å²) in [7, 11) is 1.65. The lowest BCUT2D eigenvalue weighted by Gasteiger charge is -2.20. The number of ether oxygens (including phenoxy) is 1. The summed E-state index contributed by atoms with van der Waals surface area (Å²) in [4.78, 5) is 25.1. The van der Waals surface area contributed by atoms with Crippen LogP contribution in [0.25, 0.3) is 0 Å². The molecule has 2 unspecified atom stereocenters. The standard InChI is InChI=1S/C13H21NO4S/c1-5-18-11(16)8-10-14(4)12(17)13(3,19-10)7-6-9(2)15/h8-9,15H,5-7H2,1-4H3/b10-8-.